The number of thiazole rings is 1. The lowest BCUT2D eigenvalue weighted by Crippen LogP contribution is -2.24. The summed E-state index contributed by atoms with van der Waals surface area (Å²) in [4.78, 5) is 37.0. The van der Waals surface area contributed by atoms with Gasteiger partial charge in [-0.1, -0.05) is 12.0 Å². The first-order valence-electron chi connectivity index (χ1n) is 10.2. The molecule has 2 aromatic heterocycles. The highest BCUT2D eigenvalue weighted by Gasteiger charge is 2.33. The molecule has 3 aromatic rings. The molecular formula is C23H20F3N5O3S. The van der Waals surface area contributed by atoms with E-state index in [0.29, 0.717) is 16.3 Å². The lowest BCUT2D eigenvalue weighted by Gasteiger charge is -2.15. The third-order valence-electron chi connectivity index (χ3n) is 4.66. The van der Waals surface area contributed by atoms with Crippen LogP contribution in [0.2, 0.25) is 0 Å². The number of aryl methyl sites for hydroxylation is 2. The van der Waals surface area contributed by atoms with Crippen LogP contribution in [0.1, 0.15) is 54.0 Å². The standard InChI is InChI=1S/C23H20F3N5O3S/c1-13-7-14(2)17(9-16(13)23(24,25)26)31-22(34)19-10-27-20(35-19)11-28-21(33)18-8-15(29-12-30-18)5-3-4-6-32/h7-10,12,32H,4,6,11H2,1-2H3,(H,28,33)(H,31,34). The Morgan fingerprint density at radius 2 is 1.86 bits per heavy atom. The number of aromatic nitrogens is 3. The Morgan fingerprint density at radius 3 is 2.57 bits per heavy atom. The van der Waals surface area contributed by atoms with E-state index >= 15 is 0 Å². The number of carbonyl (C=O) groups is 2. The molecule has 2 amide bonds. The Labute approximate surface area is 202 Å². The molecule has 0 saturated carbocycles. The van der Waals surface area contributed by atoms with Crippen LogP contribution in [0, 0.1) is 25.7 Å². The molecule has 0 atom stereocenters. The average molecular weight is 504 g/mol. The Balaban J connectivity index is 1.64. The van der Waals surface area contributed by atoms with Crippen molar-refractivity contribution in [3.05, 3.63) is 68.7 Å². The number of anilines is 1. The molecule has 3 rings (SSSR count). The summed E-state index contributed by atoms with van der Waals surface area (Å²) in [5.74, 6) is 4.29. The quantitative estimate of drug-likeness (QED) is 0.444. The van der Waals surface area contributed by atoms with E-state index in [0.717, 1.165) is 17.4 Å². The van der Waals surface area contributed by atoms with Crippen molar-refractivity contribution in [3.8, 4) is 11.8 Å². The number of amides is 2. The second-order valence-corrected chi connectivity index (χ2v) is 8.41. The lowest BCUT2D eigenvalue weighted by molar-refractivity contribution is -0.138. The molecule has 35 heavy (non-hydrogen) atoms. The summed E-state index contributed by atoms with van der Waals surface area (Å²) in [5.41, 5.74) is 0.198. The van der Waals surface area contributed by atoms with Crippen LogP contribution in [-0.4, -0.2) is 38.5 Å². The van der Waals surface area contributed by atoms with Gasteiger partial charge in [0, 0.05) is 18.2 Å². The van der Waals surface area contributed by atoms with Gasteiger partial charge < -0.3 is 15.7 Å². The van der Waals surface area contributed by atoms with Gasteiger partial charge in [-0.2, -0.15) is 13.2 Å². The van der Waals surface area contributed by atoms with E-state index in [2.05, 4.69) is 37.4 Å². The second-order valence-electron chi connectivity index (χ2n) is 7.30. The third-order valence-corrected chi connectivity index (χ3v) is 5.65. The van der Waals surface area contributed by atoms with E-state index in [-0.39, 0.29) is 41.4 Å². The number of alkyl halides is 3. The largest absolute Gasteiger partial charge is 0.416 e. The van der Waals surface area contributed by atoms with Gasteiger partial charge in [-0.15, -0.1) is 11.3 Å². The van der Waals surface area contributed by atoms with Crippen LogP contribution in [0.5, 0.6) is 0 Å². The zero-order valence-corrected chi connectivity index (χ0v) is 19.5. The first kappa shape index (κ1) is 25.8. The molecule has 0 bridgehead atoms. The van der Waals surface area contributed by atoms with Crippen LogP contribution in [0.15, 0.2) is 30.7 Å². The summed E-state index contributed by atoms with van der Waals surface area (Å²) in [7, 11) is 0. The minimum atomic E-state index is -4.54. The summed E-state index contributed by atoms with van der Waals surface area (Å²) in [6.45, 7) is 2.89. The lowest BCUT2D eigenvalue weighted by atomic mass is 10.0. The second kappa shape index (κ2) is 11.1. The van der Waals surface area contributed by atoms with Crippen LogP contribution in [0.3, 0.4) is 0 Å². The monoisotopic (exact) mass is 503 g/mol. The summed E-state index contributed by atoms with van der Waals surface area (Å²) < 4.78 is 39.6. The predicted octanol–water partition coefficient (Wildman–Crippen LogP) is 3.48. The minimum absolute atomic E-state index is 0.00802. The Morgan fingerprint density at radius 1 is 1.09 bits per heavy atom. The van der Waals surface area contributed by atoms with E-state index < -0.39 is 23.6 Å². The Kier molecular flexibility index (Phi) is 8.16. The highest BCUT2D eigenvalue weighted by atomic mass is 32.1. The number of aliphatic hydroxyl groups excluding tert-OH is 1. The Bertz CT molecular complexity index is 1310. The fourth-order valence-electron chi connectivity index (χ4n) is 2.98. The number of hydrogen-bond acceptors (Lipinski definition) is 7. The van der Waals surface area contributed by atoms with Gasteiger partial charge in [0.15, 0.2) is 0 Å². The van der Waals surface area contributed by atoms with Crippen LogP contribution in [0.25, 0.3) is 0 Å². The third kappa shape index (κ3) is 6.84. The molecule has 2 heterocycles. The molecule has 1 aromatic carbocycles. The zero-order valence-electron chi connectivity index (χ0n) is 18.7. The topological polar surface area (TPSA) is 117 Å². The normalized spacial score (nSPS) is 10.9. The fraction of sp³-hybridized carbons (Fsp3) is 0.261. The van der Waals surface area contributed by atoms with Gasteiger partial charge in [0.25, 0.3) is 11.8 Å². The summed E-state index contributed by atoms with van der Waals surface area (Å²) >= 11 is 0.994. The van der Waals surface area contributed by atoms with Crippen LogP contribution in [0.4, 0.5) is 18.9 Å². The molecule has 0 saturated heterocycles. The molecule has 0 aliphatic rings. The van der Waals surface area contributed by atoms with E-state index in [9.17, 15) is 22.8 Å². The van der Waals surface area contributed by atoms with Crippen LogP contribution < -0.4 is 10.6 Å². The maximum atomic E-state index is 13.2. The summed E-state index contributed by atoms with van der Waals surface area (Å²) in [6.07, 6.45) is -1.78. The minimum Gasteiger partial charge on any atom is -0.395 e. The first-order chi connectivity index (χ1) is 16.6. The molecule has 182 valence electrons. The van der Waals surface area contributed by atoms with Crippen LogP contribution >= 0.6 is 11.3 Å². The molecule has 0 aliphatic carbocycles. The number of benzene rings is 1. The molecule has 0 fully saturated rings. The van der Waals surface area contributed by atoms with Gasteiger partial charge in [0.05, 0.1) is 24.9 Å². The van der Waals surface area contributed by atoms with Gasteiger partial charge >= 0.3 is 6.18 Å². The van der Waals surface area contributed by atoms with Crippen molar-refractivity contribution in [1.82, 2.24) is 20.3 Å². The molecule has 0 unspecified atom stereocenters. The van der Waals surface area contributed by atoms with Crippen molar-refractivity contribution in [2.75, 3.05) is 11.9 Å². The van der Waals surface area contributed by atoms with Crippen molar-refractivity contribution < 1.29 is 27.9 Å². The number of hydrogen-bond donors (Lipinski definition) is 3. The van der Waals surface area contributed by atoms with E-state index in [1.165, 1.54) is 31.6 Å². The van der Waals surface area contributed by atoms with E-state index in [1.54, 1.807) is 6.92 Å². The molecule has 0 aliphatic heterocycles. The Hall–Kier alpha value is -3.82. The fourth-order valence-corrected chi connectivity index (χ4v) is 3.73. The number of carbonyl (C=O) groups excluding carboxylic acids is 2. The number of aliphatic hydroxyl groups is 1. The van der Waals surface area contributed by atoms with Gasteiger partial charge in [-0.05, 0) is 37.0 Å². The highest BCUT2D eigenvalue weighted by Crippen LogP contribution is 2.35. The molecule has 12 heteroatoms. The zero-order chi connectivity index (χ0) is 25.6. The first-order valence-corrected chi connectivity index (χ1v) is 11.0. The molecule has 0 radical (unpaired) electrons. The van der Waals surface area contributed by atoms with Crippen molar-refractivity contribution in [3.63, 3.8) is 0 Å². The molecular weight excluding hydrogens is 483 g/mol. The van der Waals surface area contributed by atoms with Crippen molar-refractivity contribution in [2.45, 2.75) is 33.0 Å². The number of rotatable bonds is 6. The van der Waals surface area contributed by atoms with Gasteiger partial charge in [-0.25, -0.2) is 15.0 Å². The summed E-state index contributed by atoms with van der Waals surface area (Å²) in [6, 6.07) is 3.68. The number of halogens is 3. The van der Waals surface area contributed by atoms with Gasteiger partial charge in [0.1, 0.15) is 27.6 Å². The molecule has 0 spiro atoms. The average Bonchev–Trinajstić information content (AvgIpc) is 3.28. The molecule has 3 N–H and O–H groups in total. The van der Waals surface area contributed by atoms with Crippen LogP contribution in [-0.2, 0) is 12.7 Å². The highest BCUT2D eigenvalue weighted by molar-refractivity contribution is 7.13. The van der Waals surface area contributed by atoms with Crippen molar-refractivity contribution in [1.29, 1.82) is 0 Å². The van der Waals surface area contributed by atoms with E-state index in [4.69, 9.17) is 5.11 Å². The van der Waals surface area contributed by atoms with Gasteiger partial charge in [-0.3, -0.25) is 9.59 Å². The summed E-state index contributed by atoms with van der Waals surface area (Å²) in [5, 5.41) is 14.3. The predicted molar refractivity (Wildman–Crippen MR) is 123 cm³/mol. The van der Waals surface area contributed by atoms with Gasteiger partial charge in [0.2, 0.25) is 0 Å². The number of nitrogens with one attached hydrogen (secondary N) is 2. The maximum Gasteiger partial charge on any atom is 0.416 e. The SMILES string of the molecule is Cc1cc(C)c(C(F)(F)F)cc1NC(=O)c1cnc(CNC(=O)c2cc(C#CCCO)ncn2)s1. The smallest absolute Gasteiger partial charge is 0.395 e. The maximum absolute atomic E-state index is 13.2. The van der Waals surface area contributed by atoms with E-state index in [1.807, 2.05) is 0 Å². The van der Waals surface area contributed by atoms with Crippen molar-refractivity contribution in [2.24, 2.45) is 0 Å². The molecule has 8 nitrogen and oxygen atoms in total. The number of nitrogens with zero attached hydrogens (tertiary/aromatic N) is 3. The van der Waals surface area contributed by atoms with Crippen molar-refractivity contribution >= 4 is 28.8 Å².